The highest BCUT2D eigenvalue weighted by Crippen LogP contribution is 2.32. The first-order valence-corrected chi connectivity index (χ1v) is 10.9. The van der Waals surface area contributed by atoms with Crippen molar-refractivity contribution in [1.82, 2.24) is 9.66 Å². The van der Waals surface area contributed by atoms with Crippen LogP contribution >= 0.6 is 0 Å². The van der Waals surface area contributed by atoms with Gasteiger partial charge in [0.15, 0.2) is 0 Å². The molecule has 1 heterocycles. The van der Waals surface area contributed by atoms with Crippen molar-refractivity contribution in [3.8, 4) is 5.75 Å². The van der Waals surface area contributed by atoms with E-state index in [0.29, 0.717) is 5.39 Å². The molecule has 0 amide bonds. The molecule has 0 bridgehead atoms. The molecule has 0 radical (unpaired) electrons. The summed E-state index contributed by atoms with van der Waals surface area (Å²) in [5.74, 6) is 1.74. The summed E-state index contributed by atoms with van der Waals surface area (Å²) < 4.78 is 7.11. The van der Waals surface area contributed by atoms with Crippen LogP contribution in [0.2, 0.25) is 0 Å². The van der Waals surface area contributed by atoms with E-state index in [9.17, 15) is 4.79 Å². The van der Waals surface area contributed by atoms with E-state index in [1.807, 2.05) is 54.6 Å². The molecular weight excluding hydrogens is 386 g/mol. The minimum Gasteiger partial charge on any atom is -0.496 e. The average molecular weight is 412 g/mol. The molecule has 3 aromatic carbocycles. The van der Waals surface area contributed by atoms with Gasteiger partial charge in [-0.1, -0.05) is 61.7 Å². The Morgan fingerprint density at radius 3 is 2.52 bits per heavy atom. The third kappa shape index (κ3) is 3.61. The summed E-state index contributed by atoms with van der Waals surface area (Å²) in [5, 5.41) is 7.42. The largest absolute Gasteiger partial charge is 0.496 e. The zero-order valence-corrected chi connectivity index (χ0v) is 17.6. The van der Waals surface area contributed by atoms with E-state index in [-0.39, 0.29) is 11.5 Å². The van der Waals surface area contributed by atoms with Gasteiger partial charge in [-0.05, 0) is 41.8 Å². The predicted molar refractivity (Wildman–Crippen MR) is 125 cm³/mol. The molecule has 5 nitrogen and oxygen atoms in total. The lowest BCUT2D eigenvalue weighted by Crippen LogP contribution is -2.25. The fraction of sp³-hybridized carbons (Fsp3) is 0.269. The maximum Gasteiger partial charge on any atom is 0.282 e. The van der Waals surface area contributed by atoms with Crippen LogP contribution in [-0.4, -0.2) is 23.0 Å². The van der Waals surface area contributed by atoms with Crippen molar-refractivity contribution in [1.29, 1.82) is 0 Å². The van der Waals surface area contributed by atoms with Crippen LogP contribution in [0.15, 0.2) is 70.6 Å². The van der Waals surface area contributed by atoms with Gasteiger partial charge < -0.3 is 4.74 Å². The highest BCUT2D eigenvalue weighted by atomic mass is 16.5. The molecule has 1 aliphatic carbocycles. The molecule has 1 saturated carbocycles. The number of aromatic nitrogens is 2. The van der Waals surface area contributed by atoms with Crippen LogP contribution in [0.1, 0.15) is 49.4 Å². The molecule has 4 aromatic rings. The van der Waals surface area contributed by atoms with E-state index in [0.717, 1.165) is 59.1 Å². The van der Waals surface area contributed by atoms with Gasteiger partial charge in [-0.2, -0.15) is 9.78 Å². The molecular formula is C26H25N3O2. The predicted octanol–water partition coefficient (Wildman–Crippen LogP) is 5.49. The van der Waals surface area contributed by atoms with Crippen LogP contribution in [-0.2, 0) is 0 Å². The topological polar surface area (TPSA) is 56.5 Å². The maximum absolute atomic E-state index is 13.4. The normalized spacial score (nSPS) is 15.1. The Morgan fingerprint density at radius 1 is 0.968 bits per heavy atom. The van der Waals surface area contributed by atoms with Crippen LogP contribution in [0.5, 0.6) is 5.75 Å². The Morgan fingerprint density at radius 2 is 1.71 bits per heavy atom. The molecule has 156 valence electrons. The fourth-order valence-corrected chi connectivity index (χ4v) is 4.58. The number of rotatable bonds is 4. The van der Waals surface area contributed by atoms with E-state index < -0.39 is 0 Å². The Bertz CT molecular complexity index is 1330. The number of nitrogens with zero attached hydrogens (tertiary/aromatic N) is 3. The quantitative estimate of drug-likeness (QED) is 0.417. The van der Waals surface area contributed by atoms with Gasteiger partial charge in [-0.25, -0.2) is 4.98 Å². The summed E-state index contributed by atoms with van der Waals surface area (Å²) in [6, 6.07) is 19.6. The van der Waals surface area contributed by atoms with Gasteiger partial charge in [0.2, 0.25) is 0 Å². The third-order valence-electron chi connectivity index (χ3n) is 6.20. The molecule has 0 N–H and O–H groups in total. The standard InChI is InChI=1S/C26H25N3O2/c1-31-24-16-15-18-9-5-6-12-20(18)22(24)17-27-29-25(19-10-3-2-4-11-19)28-23-14-8-7-13-21(23)26(29)30/h5-9,12-17,19H,2-4,10-11H2,1H3. The van der Waals surface area contributed by atoms with Crippen molar-refractivity contribution in [2.24, 2.45) is 5.10 Å². The second kappa shape index (κ2) is 8.34. The molecule has 0 saturated heterocycles. The van der Waals surface area contributed by atoms with Crippen molar-refractivity contribution in [2.45, 2.75) is 38.0 Å². The van der Waals surface area contributed by atoms with Crippen LogP contribution < -0.4 is 10.3 Å². The number of ether oxygens (including phenoxy) is 1. The van der Waals surface area contributed by atoms with Gasteiger partial charge in [0, 0.05) is 11.5 Å². The van der Waals surface area contributed by atoms with Crippen molar-refractivity contribution in [2.75, 3.05) is 7.11 Å². The van der Waals surface area contributed by atoms with Crippen LogP contribution in [0.4, 0.5) is 0 Å². The number of fused-ring (bicyclic) bond motifs is 2. The zero-order valence-electron chi connectivity index (χ0n) is 17.6. The first-order valence-electron chi connectivity index (χ1n) is 10.9. The Kier molecular flexibility index (Phi) is 5.24. The van der Waals surface area contributed by atoms with Crippen LogP contribution in [0.25, 0.3) is 21.7 Å². The molecule has 5 rings (SSSR count). The molecule has 1 aromatic heterocycles. The smallest absolute Gasteiger partial charge is 0.282 e. The van der Waals surface area contributed by atoms with E-state index in [2.05, 4.69) is 6.07 Å². The van der Waals surface area contributed by atoms with Gasteiger partial charge in [0.25, 0.3) is 5.56 Å². The maximum atomic E-state index is 13.4. The highest BCUT2D eigenvalue weighted by Gasteiger charge is 2.22. The van der Waals surface area contributed by atoms with E-state index in [1.165, 1.54) is 11.1 Å². The van der Waals surface area contributed by atoms with Gasteiger partial charge in [-0.3, -0.25) is 4.79 Å². The molecule has 1 fully saturated rings. The minimum absolute atomic E-state index is 0.123. The van der Waals surface area contributed by atoms with Gasteiger partial charge in [0.05, 0.1) is 24.2 Å². The summed E-state index contributed by atoms with van der Waals surface area (Å²) in [5.41, 5.74) is 1.47. The van der Waals surface area contributed by atoms with Gasteiger partial charge in [0.1, 0.15) is 11.6 Å². The third-order valence-corrected chi connectivity index (χ3v) is 6.20. The lowest BCUT2D eigenvalue weighted by molar-refractivity contribution is 0.414. The number of benzene rings is 3. The fourth-order valence-electron chi connectivity index (χ4n) is 4.58. The van der Waals surface area contributed by atoms with Crippen LogP contribution in [0, 0.1) is 0 Å². The molecule has 1 aliphatic rings. The highest BCUT2D eigenvalue weighted by molar-refractivity contribution is 6.02. The van der Waals surface area contributed by atoms with Crippen LogP contribution in [0.3, 0.4) is 0 Å². The first-order chi connectivity index (χ1) is 15.3. The molecule has 5 heteroatoms. The van der Waals surface area contributed by atoms with Crippen molar-refractivity contribution < 1.29 is 4.74 Å². The monoisotopic (exact) mass is 411 g/mol. The van der Waals surface area contributed by atoms with E-state index >= 15 is 0 Å². The molecule has 31 heavy (non-hydrogen) atoms. The molecule has 0 spiro atoms. The lowest BCUT2D eigenvalue weighted by Gasteiger charge is -2.22. The summed E-state index contributed by atoms with van der Waals surface area (Å²) >= 11 is 0. The van der Waals surface area contributed by atoms with Crippen molar-refractivity contribution >= 4 is 27.9 Å². The first kappa shape index (κ1) is 19.5. The second-order valence-corrected chi connectivity index (χ2v) is 8.09. The second-order valence-electron chi connectivity index (χ2n) is 8.09. The number of hydrogen-bond donors (Lipinski definition) is 0. The summed E-state index contributed by atoms with van der Waals surface area (Å²) in [6.07, 6.45) is 7.38. The Balaban J connectivity index is 1.70. The minimum atomic E-state index is -0.123. The Labute approximate surface area is 181 Å². The number of methoxy groups -OCH3 is 1. The summed E-state index contributed by atoms with van der Waals surface area (Å²) in [6.45, 7) is 0. The number of hydrogen-bond acceptors (Lipinski definition) is 4. The van der Waals surface area contributed by atoms with Crippen molar-refractivity contribution in [3.05, 3.63) is 82.4 Å². The average Bonchev–Trinajstić information content (AvgIpc) is 2.83. The van der Waals surface area contributed by atoms with Crippen molar-refractivity contribution in [3.63, 3.8) is 0 Å². The van der Waals surface area contributed by atoms with Gasteiger partial charge in [-0.15, -0.1) is 0 Å². The summed E-state index contributed by atoms with van der Waals surface area (Å²) in [7, 11) is 1.65. The molecule has 0 aliphatic heterocycles. The SMILES string of the molecule is COc1ccc2ccccc2c1C=Nn1c(C2CCCCC2)nc2ccccc2c1=O. The van der Waals surface area contributed by atoms with Gasteiger partial charge >= 0.3 is 0 Å². The Hall–Kier alpha value is -3.47. The molecule has 0 atom stereocenters. The molecule has 0 unspecified atom stereocenters. The zero-order chi connectivity index (χ0) is 21.2. The number of para-hydroxylation sites is 1. The van der Waals surface area contributed by atoms with E-state index in [4.69, 9.17) is 14.8 Å². The lowest BCUT2D eigenvalue weighted by atomic mass is 9.88. The van der Waals surface area contributed by atoms with E-state index in [1.54, 1.807) is 13.3 Å². The summed E-state index contributed by atoms with van der Waals surface area (Å²) in [4.78, 5) is 18.3.